The van der Waals surface area contributed by atoms with E-state index in [4.69, 9.17) is 0 Å². The molecule has 0 radical (unpaired) electrons. The molecule has 17 heavy (non-hydrogen) atoms. The van der Waals surface area contributed by atoms with E-state index in [1.54, 1.807) is 0 Å². The third kappa shape index (κ3) is 3.13. The number of alkyl halides is 3. The van der Waals surface area contributed by atoms with Gasteiger partial charge in [0.2, 0.25) is 0 Å². The summed E-state index contributed by atoms with van der Waals surface area (Å²) in [6.45, 7) is 1.42. The van der Waals surface area contributed by atoms with Gasteiger partial charge in [-0.2, -0.15) is 13.2 Å². The predicted molar refractivity (Wildman–Crippen MR) is 58.6 cm³/mol. The summed E-state index contributed by atoms with van der Waals surface area (Å²) in [5, 5.41) is 9.22. The third-order valence-electron chi connectivity index (χ3n) is 4.20. The normalized spacial score (nSPS) is 27.5. The lowest BCUT2D eigenvalue weighted by atomic mass is 9.90. The molecular weight excluding hydrogens is 231 g/mol. The number of aliphatic hydroxyl groups excluding tert-OH is 1. The molecule has 0 aromatic rings. The van der Waals surface area contributed by atoms with Crippen LogP contribution in [0.15, 0.2) is 0 Å². The van der Waals surface area contributed by atoms with Crippen LogP contribution in [0.4, 0.5) is 13.2 Å². The van der Waals surface area contributed by atoms with E-state index in [0.29, 0.717) is 32.0 Å². The molecule has 2 nitrogen and oxygen atoms in total. The highest BCUT2D eigenvalue weighted by Crippen LogP contribution is 2.33. The summed E-state index contributed by atoms with van der Waals surface area (Å²) >= 11 is 0. The molecule has 0 spiro atoms. The quantitative estimate of drug-likeness (QED) is 0.815. The van der Waals surface area contributed by atoms with Crippen molar-refractivity contribution in [3.63, 3.8) is 0 Å². The Labute approximate surface area is 99.8 Å². The fraction of sp³-hybridized carbons (Fsp3) is 1.00. The lowest BCUT2D eigenvalue weighted by Gasteiger charge is -2.37. The molecule has 0 amide bonds. The van der Waals surface area contributed by atoms with Gasteiger partial charge in [0.1, 0.15) is 0 Å². The first-order chi connectivity index (χ1) is 7.98. The van der Waals surface area contributed by atoms with Gasteiger partial charge in [-0.1, -0.05) is 12.8 Å². The smallest absolute Gasteiger partial charge is 0.383 e. The lowest BCUT2D eigenvalue weighted by molar-refractivity contribution is -0.223. The Kier molecular flexibility index (Phi) is 3.98. The van der Waals surface area contributed by atoms with Crippen molar-refractivity contribution in [2.24, 2.45) is 5.92 Å². The first kappa shape index (κ1) is 13.1. The Balaban J connectivity index is 1.81. The maximum Gasteiger partial charge on any atom is 0.414 e. The van der Waals surface area contributed by atoms with Crippen molar-refractivity contribution in [1.29, 1.82) is 0 Å². The standard InChI is InChI=1S/C12H20F3NO/c13-12(14,15)11(17)9-5-7-16(8-6-9)10-3-1-2-4-10/h9-11,17H,1-8H2. The number of likely N-dealkylation sites (tertiary alicyclic amines) is 1. The second-order valence-electron chi connectivity index (χ2n) is 5.30. The van der Waals surface area contributed by atoms with Crippen LogP contribution in [-0.2, 0) is 0 Å². The Morgan fingerprint density at radius 3 is 2.00 bits per heavy atom. The molecule has 2 rings (SSSR count). The summed E-state index contributed by atoms with van der Waals surface area (Å²) in [6.07, 6.45) is -0.785. The first-order valence-corrected chi connectivity index (χ1v) is 6.47. The van der Waals surface area contributed by atoms with Crippen molar-refractivity contribution >= 4 is 0 Å². The summed E-state index contributed by atoms with van der Waals surface area (Å²) in [7, 11) is 0. The van der Waals surface area contributed by atoms with Crippen molar-refractivity contribution in [1.82, 2.24) is 4.90 Å². The van der Waals surface area contributed by atoms with Crippen LogP contribution in [0.2, 0.25) is 0 Å². The molecule has 0 aromatic heterocycles. The maximum absolute atomic E-state index is 12.4. The van der Waals surface area contributed by atoms with Crippen LogP contribution in [0.5, 0.6) is 0 Å². The Morgan fingerprint density at radius 1 is 1.00 bits per heavy atom. The van der Waals surface area contributed by atoms with E-state index >= 15 is 0 Å². The Morgan fingerprint density at radius 2 is 1.53 bits per heavy atom. The second-order valence-corrected chi connectivity index (χ2v) is 5.30. The number of piperidine rings is 1. The maximum atomic E-state index is 12.4. The van der Waals surface area contributed by atoms with E-state index in [1.807, 2.05) is 0 Å². The van der Waals surface area contributed by atoms with Crippen LogP contribution >= 0.6 is 0 Å². The average Bonchev–Trinajstić information content (AvgIpc) is 2.80. The molecular formula is C12H20F3NO. The minimum absolute atomic E-state index is 0.469. The number of hydrogen-bond donors (Lipinski definition) is 1. The molecule has 0 aromatic carbocycles. The average molecular weight is 251 g/mol. The zero-order valence-electron chi connectivity index (χ0n) is 9.92. The number of nitrogens with zero attached hydrogens (tertiary/aromatic N) is 1. The molecule has 1 atom stereocenters. The molecule has 1 N–H and O–H groups in total. The van der Waals surface area contributed by atoms with Crippen LogP contribution in [0, 0.1) is 5.92 Å². The topological polar surface area (TPSA) is 23.5 Å². The summed E-state index contributed by atoms with van der Waals surface area (Å²) in [5.41, 5.74) is 0. The summed E-state index contributed by atoms with van der Waals surface area (Å²) in [4.78, 5) is 2.31. The van der Waals surface area contributed by atoms with Gasteiger partial charge in [-0.05, 0) is 44.7 Å². The van der Waals surface area contributed by atoms with E-state index in [9.17, 15) is 18.3 Å². The first-order valence-electron chi connectivity index (χ1n) is 6.47. The molecule has 1 heterocycles. The van der Waals surface area contributed by atoms with E-state index < -0.39 is 18.2 Å². The molecule has 2 fully saturated rings. The largest absolute Gasteiger partial charge is 0.414 e. The van der Waals surface area contributed by atoms with E-state index in [2.05, 4.69) is 4.90 Å². The van der Waals surface area contributed by atoms with Gasteiger partial charge in [0.05, 0.1) is 0 Å². The number of hydrogen-bond acceptors (Lipinski definition) is 2. The van der Waals surface area contributed by atoms with Crippen molar-refractivity contribution in [3.05, 3.63) is 0 Å². The monoisotopic (exact) mass is 251 g/mol. The molecule has 2 aliphatic rings. The molecule has 1 saturated carbocycles. The fourth-order valence-electron chi connectivity index (χ4n) is 3.14. The Bertz CT molecular complexity index is 243. The molecule has 1 aliphatic heterocycles. The van der Waals surface area contributed by atoms with E-state index in [-0.39, 0.29) is 0 Å². The van der Waals surface area contributed by atoms with Gasteiger partial charge < -0.3 is 10.0 Å². The highest BCUT2D eigenvalue weighted by molar-refractivity contribution is 4.85. The van der Waals surface area contributed by atoms with Crippen molar-refractivity contribution < 1.29 is 18.3 Å². The number of halogens is 3. The predicted octanol–water partition coefficient (Wildman–Crippen LogP) is 2.56. The second kappa shape index (κ2) is 5.14. The van der Waals surface area contributed by atoms with E-state index in [0.717, 1.165) is 0 Å². The van der Waals surface area contributed by atoms with Gasteiger partial charge >= 0.3 is 6.18 Å². The lowest BCUT2D eigenvalue weighted by Crippen LogP contribution is -2.45. The highest BCUT2D eigenvalue weighted by Gasteiger charge is 2.44. The molecule has 1 unspecified atom stereocenters. The van der Waals surface area contributed by atoms with Gasteiger partial charge in [0.15, 0.2) is 6.10 Å². The third-order valence-corrected chi connectivity index (χ3v) is 4.20. The van der Waals surface area contributed by atoms with Gasteiger partial charge in [-0.25, -0.2) is 0 Å². The number of aliphatic hydroxyl groups is 1. The highest BCUT2D eigenvalue weighted by atomic mass is 19.4. The Hall–Kier alpha value is -0.290. The minimum atomic E-state index is -4.46. The van der Waals surface area contributed by atoms with Gasteiger partial charge in [0.25, 0.3) is 0 Å². The fourth-order valence-corrected chi connectivity index (χ4v) is 3.14. The van der Waals surface area contributed by atoms with Crippen LogP contribution < -0.4 is 0 Å². The molecule has 1 aliphatic carbocycles. The summed E-state index contributed by atoms with van der Waals surface area (Å²) in [6, 6.07) is 0.582. The van der Waals surface area contributed by atoms with Crippen molar-refractivity contribution in [2.45, 2.75) is 56.8 Å². The van der Waals surface area contributed by atoms with E-state index in [1.165, 1.54) is 25.7 Å². The molecule has 5 heteroatoms. The van der Waals surface area contributed by atoms with Crippen LogP contribution in [-0.4, -0.2) is 41.4 Å². The van der Waals surface area contributed by atoms with Crippen LogP contribution in [0.3, 0.4) is 0 Å². The van der Waals surface area contributed by atoms with Gasteiger partial charge in [-0.15, -0.1) is 0 Å². The van der Waals surface area contributed by atoms with Crippen molar-refractivity contribution in [3.8, 4) is 0 Å². The van der Waals surface area contributed by atoms with Gasteiger partial charge in [0, 0.05) is 6.04 Å². The van der Waals surface area contributed by atoms with Crippen molar-refractivity contribution in [2.75, 3.05) is 13.1 Å². The summed E-state index contributed by atoms with van der Waals surface area (Å²) < 4.78 is 37.1. The zero-order valence-corrected chi connectivity index (χ0v) is 9.92. The molecule has 100 valence electrons. The minimum Gasteiger partial charge on any atom is -0.383 e. The SMILES string of the molecule is OC(C1CCN(C2CCCC2)CC1)C(F)(F)F. The van der Waals surface area contributed by atoms with Crippen LogP contribution in [0.1, 0.15) is 38.5 Å². The molecule has 0 bridgehead atoms. The zero-order chi connectivity index (χ0) is 12.5. The number of rotatable bonds is 2. The van der Waals surface area contributed by atoms with Gasteiger partial charge in [-0.3, -0.25) is 0 Å². The summed E-state index contributed by atoms with van der Waals surface area (Å²) in [5.74, 6) is -0.604. The molecule has 1 saturated heterocycles. The van der Waals surface area contributed by atoms with Crippen LogP contribution in [0.25, 0.3) is 0 Å².